The highest BCUT2D eigenvalue weighted by Crippen LogP contribution is 2.40. The first-order valence-electron chi connectivity index (χ1n) is 6.52. The molecule has 0 bridgehead atoms. The molecule has 0 radical (unpaired) electrons. The molecule has 0 aromatic heterocycles. The summed E-state index contributed by atoms with van der Waals surface area (Å²) in [6.07, 6.45) is 3.30. The number of hydrogen-bond donors (Lipinski definition) is 1. The van der Waals surface area contributed by atoms with Crippen molar-refractivity contribution in [2.45, 2.75) is 39.2 Å². The van der Waals surface area contributed by atoms with Gasteiger partial charge >= 0.3 is 0 Å². The smallest absolute Gasteiger partial charge is 0.0828 e. The summed E-state index contributed by atoms with van der Waals surface area (Å²) in [7, 11) is 0. The maximum absolute atomic E-state index is 10.5. The van der Waals surface area contributed by atoms with Crippen molar-refractivity contribution in [3.63, 3.8) is 0 Å². The van der Waals surface area contributed by atoms with E-state index in [0.29, 0.717) is 5.92 Å². The molecule has 0 spiro atoms. The van der Waals surface area contributed by atoms with E-state index >= 15 is 0 Å². The monoisotopic (exact) mass is 344 g/mol. The van der Waals surface area contributed by atoms with Crippen LogP contribution in [0.5, 0.6) is 0 Å². The van der Waals surface area contributed by atoms with E-state index in [4.69, 9.17) is 0 Å². The molecule has 1 N–H and O–H groups in total. The molecule has 1 aromatic carbocycles. The highest BCUT2D eigenvalue weighted by Gasteiger charge is 2.30. The maximum Gasteiger partial charge on any atom is 0.0828 e. The van der Waals surface area contributed by atoms with Gasteiger partial charge in [0, 0.05) is 3.57 Å². The summed E-state index contributed by atoms with van der Waals surface area (Å²) >= 11 is 2.32. The van der Waals surface area contributed by atoms with E-state index in [1.807, 2.05) is 12.1 Å². The first kappa shape index (κ1) is 13.3. The van der Waals surface area contributed by atoms with Gasteiger partial charge < -0.3 is 5.11 Å². The van der Waals surface area contributed by atoms with Gasteiger partial charge in [0.1, 0.15) is 0 Å². The van der Waals surface area contributed by atoms with Gasteiger partial charge in [0.15, 0.2) is 0 Å². The third-order valence-corrected chi connectivity index (χ3v) is 5.29. The summed E-state index contributed by atoms with van der Waals surface area (Å²) in [5.74, 6) is 2.00. The van der Waals surface area contributed by atoms with Gasteiger partial charge in [0.05, 0.1) is 6.10 Å². The zero-order chi connectivity index (χ0) is 12.4. The fourth-order valence-electron chi connectivity index (χ4n) is 2.84. The average Bonchev–Trinajstić information content (AvgIpc) is 2.32. The van der Waals surface area contributed by atoms with Crippen molar-refractivity contribution >= 4 is 22.6 Å². The van der Waals surface area contributed by atoms with Gasteiger partial charge in [-0.25, -0.2) is 0 Å². The number of rotatable bonds is 2. The SMILES string of the molecule is CC1CCC(C(O)c2ccccc2I)CC1C. The molecule has 17 heavy (non-hydrogen) atoms. The zero-order valence-electron chi connectivity index (χ0n) is 10.6. The lowest BCUT2D eigenvalue weighted by atomic mass is 9.73. The van der Waals surface area contributed by atoms with Crippen LogP contribution in [0.25, 0.3) is 0 Å². The van der Waals surface area contributed by atoms with Crippen molar-refractivity contribution in [3.05, 3.63) is 33.4 Å². The van der Waals surface area contributed by atoms with E-state index in [9.17, 15) is 5.11 Å². The number of benzene rings is 1. The zero-order valence-corrected chi connectivity index (χ0v) is 12.7. The lowest BCUT2D eigenvalue weighted by molar-refractivity contribution is 0.0555. The molecular formula is C15H21IO. The Labute approximate surface area is 118 Å². The third kappa shape index (κ3) is 3.02. The fraction of sp³-hybridized carbons (Fsp3) is 0.600. The number of aliphatic hydroxyl groups excluding tert-OH is 1. The van der Waals surface area contributed by atoms with Crippen molar-refractivity contribution in [1.29, 1.82) is 0 Å². The molecule has 0 heterocycles. The quantitative estimate of drug-likeness (QED) is 0.789. The third-order valence-electron chi connectivity index (χ3n) is 4.31. The van der Waals surface area contributed by atoms with E-state index < -0.39 is 0 Å². The van der Waals surface area contributed by atoms with Crippen LogP contribution in [0.4, 0.5) is 0 Å². The molecule has 1 aliphatic carbocycles. The molecule has 1 fully saturated rings. The Balaban J connectivity index is 2.10. The van der Waals surface area contributed by atoms with Crippen LogP contribution in [0.3, 0.4) is 0 Å². The Morgan fingerprint density at radius 1 is 1.18 bits per heavy atom. The molecule has 4 atom stereocenters. The lowest BCUT2D eigenvalue weighted by Gasteiger charge is -2.35. The summed E-state index contributed by atoms with van der Waals surface area (Å²) in [5.41, 5.74) is 1.11. The summed E-state index contributed by atoms with van der Waals surface area (Å²) in [6, 6.07) is 8.20. The van der Waals surface area contributed by atoms with E-state index in [0.717, 1.165) is 30.2 Å². The van der Waals surface area contributed by atoms with Gasteiger partial charge in [-0.2, -0.15) is 0 Å². The molecule has 0 aliphatic heterocycles. The van der Waals surface area contributed by atoms with Gasteiger partial charge in [0.2, 0.25) is 0 Å². The summed E-state index contributed by atoms with van der Waals surface area (Å²) < 4.78 is 1.18. The summed E-state index contributed by atoms with van der Waals surface area (Å²) in [6.45, 7) is 4.65. The molecule has 2 heteroatoms. The predicted octanol–water partition coefficient (Wildman–Crippen LogP) is 4.40. The second-order valence-corrected chi connectivity index (χ2v) is 6.66. The largest absolute Gasteiger partial charge is 0.388 e. The van der Waals surface area contributed by atoms with Gasteiger partial charge in [-0.15, -0.1) is 0 Å². The Kier molecular flexibility index (Phi) is 4.47. The molecule has 0 amide bonds. The topological polar surface area (TPSA) is 20.2 Å². The summed E-state index contributed by atoms with van der Waals surface area (Å²) in [5, 5.41) is 10.5. The van der Waals surface area contributed by atoms with Crippen LogP contribution in [0, 0.1) is 21.3 Å². The van der Waals surface area contributed by atoms with Crippen LogP contribution in [-0.4, -0.2) is 5.11 Å². The van der Waals surface area contributed by atoms with E-state index in [1.165, 1.54) is 9.99 Å². The van der Waals surface area contributed by atoms with Gasteiger partial charge in [-0.05, 0) is 64.8 Å². The highest BCUT2D eigenvalue weighted by molar-refractivity contribution is 14.1. The predicted molar refractivity (Wildman–Crippen MR) is 79.8 cm³/mol. The van der Waals surface area contributed by atoms with Gasteiger partial charge in [0.25, 0.3) is 0 Å². The maximum atomic E-state index is 10.5. The normalized spacial score (nSPS) is 31.2. The minimum Gasteiger partial charge on any atom is -0.388 e. The van der Waals surface area contributed by atoms with Crippen molar-refractivity contribution in [2.75, 3.05) is 0 Å². The van der Waals surface area contributed by atoms with Gasteiger partial charge in [-0.3, -0.25) is 0 Å². The Bertz CT molecular complexity index is 377. The second-order valence-electron chi connectivity index (χ2n) is 5.49. The number of hydrogen-bond acceptors (Lipinski definition) is 1. The highest BCUT2D eigenvalue weighted by atomic mass is 127. The Morgan fingerprint density at radius 2 is 1.88 bits per heavy atom. The van der Waals surface area contributed by atoms with Crippen LogP contribution in [0.1, 0.15) is 44.8 Å². The minimum absolute atomic E-state index is 0.280. The van der Waals surface area contributed by atoms with Crippen LogP contribution in [-0.2, 0) is 0 Å². The van der Waals surface area contributed by atoms with Crippen molar-refractivity contribution in [1.82, 2.24) is 0 Å². The standard InChI is InChI=1S/C15H21IO/c1-10-7-8-12(9-11(10)2)15(17)13-5-3-4-6-14(13)16/h3-6,10-12,15,17H,7-9H2,1-2H3. The number of halogens is 1. The second kappa shape index (κ2) is 5.70. The molecule has 94 valence electrons. The summed E-state index contributed by atoms with van der Waals surface area (Å²) in [4.78, 5) is 0. The van der Waals surface area contributed by atoms with E-state index in [-0.39, 0.29) is 6.10 Å². The molecule has 2 rings (SSSR count). The van der Waals surface area contributed by atoms with Crippen LogP contribution in [0.15, 0.2) is 24.3 Å². The molecular weight excluding hydrogens is 323 g/mol. The average molecular weight is 344 g/mol. The Hall–Kier alpha value is -0.0900. The van der Waals surface area contributed by atoms with Gasteiger partial charge in [-0.1, -0.05) is 38.5 Å². The minimum atomic E-state index is -0.280. The first-order chi connectivity index (χ1) is 8.09. The molecule has 1 saturated carbocycles. The molecule has 1 aromatic rings. The Morgan fingerprint density at radius 3 is 2.53 bits per heavy atom. The van der Waals surface area contributed by atoms with Crippen LogP contribution < -0.4 is 0 Å². The van der Waals surface area contributed by atoms with Crippen molar-refractivity contribution in [3.8, 4) is 0 Å². The van der Waals surface area contributed by atoms with Crippen LogP contribution in [0.2, 0.25) is 0 Å². The van der Waals surface area contributed by atoms with Crippen LogP contribution >= 0.6 is 22.6 Å². The fourth-order valence-corrected chi connectivity index (χ4v) is 3.55. The van der Waals surface area contributed by atoms with Crippen molar-refractivity contribution in [2.24, 2.45) is 17.8 Å². The molecule has 0 saturated heterocycles. The van der Waals surface area contributed by atoms with E-state index in [1.54, 1.807) is 0 Å². The lowest BCUT2D eigenvalue weighted by Crippen LogP contribution is -2.25. The van der Waals surface area contributed by atoms with E-state index in [2.05, 4.69) is 48.6 Å². The molecule has 1 aliphatic rings. The van der Waals surface area contributed by atoms with Crippen molar-refractivity contribution < 1.29 is 5.11 Å². The molecule has 4 unspecified atom stereocenters. The molecule has 1 nitrogen and oxygen atoms in total. The number of aliphatic hydroxyl groups is 1. The first-order valence-corrected chi connectivity index (χ1v) is 7.60.